The molecule has 1 aromatic rings. The molecule has 3 heteroatoms. The van der Waals surface area contributed by atoms with Crippen molar-refractivity contribution in [3.8, 4) is 0 Å². The average Bonchev–Trinajstić information content (AvgIpc) is 2.36. The lowest BCUT2D eigenvalue weighted by Gasteiger charge is -2.07. The maximum absolute atomic E-state index is 9.51. The van der Waals surface area contributed by atoms with Gasteiger partial charge in [0, 0.05) is 19.4 Å². The molecule has 0 unspecified atom stereocenters. The molecule has 0 saturated carbocycles. The zero-order valence-electron chi connectivity index (χ0n) is 6.99. The Kier molecular flexibility index (Phi) is 2.65. The zero-order chi connectivity index (χ0) is 8.27. The van der Waals surface area contributed by atoms with Gasteiger partial charge in [-0.1, -0.05) is 13.3 Å². The van der Waals surface area contributed by atoms with Crippen molar-refractivity contribution in [3.05, 3.63) is 18.2 Å². The second-order valence-electron chi connectivity index (χ2n) is 2.70. The normalized spacial score (nSPS) is 13.4. The van der Waals surface area contributed by atoms with Crippen LogP contribution in [-0.4, -0.2) is 14.7 Å². The summed E-state index contributed by atoms with van der Waals surface area (Å²) in [6, 6.07) is 0. The Hall–Kier alpha value is -0.830. The number of aromatic nitrogens is 2. The molecular formula is C8H14N2O. The summed E-state index contributed by atoms with van der Waals surface area (Å²) in [6.07, 6.45) is 4.90. The van der Waals surface area contributed by atoms with Crippen LogP contribution in [0.1, 0.15) is 31.7 Å². The van der Waals surface area contributed by atoms with Crippen molar-refractivity contribution in [2.45, 2.75) is 25.9 Å². The molecule has 1 N–H and O–H groups in total. The van der Waals surface area contributed by atoms with E-state index in [0.717, 1.165) is 18.7 Å². The van der Waals surface area contributed by atoms with Crippen molar-refractivity contribution in [1.82, 2.24) is 9.55 Å². The van der Waals surface area contributed by atoms with E-state index in [1.54, 1.807) is 6.20 Å². The summed E-state index contributed by atoms with van der Waals surface area (Å²) in [6.45, 7) is 2.05. The Labute approximate surface area is 66.7 Å². The minimum absolute atomic E-state index is 0.403. The molecule has 0 saturated heterocycles. The van der Waals surface area contributed by atoms with Crippen LogP contribution in [0.3, 0.4) is 0 Å². The monoisotopic (exact) mass is 154 g/mol. The predicted octanol–water partition coefficient (Wildman–Crippen LogP) is 1.25. The van der Waals surface area contributed by atoms with E-state index in [2.05, 4.69) is 4.98 Å². The van der Waals surface area contributed by atoms with Crippen molar-refractivity contribution in [1.29, 1.82) is 0 Å². The lowest BCUT2D eigenvalue weighted by atomic mass is 10.2. The van der Waals surface area contributed by atoms with Gasteiger partial charge in [0.15, 0.2) is 0 Å². The summed E-state index contributed by atoms with van der Waals surface area (Å²) < 4.78 is 1.85. The van der Waals surface area contributed by atoms with Crippen molar-refractivity contribution < 1.29 is 5.11 Å². The third-order valence-electron chi connectivity index (χ3n) is 1.72. The van der Waals surface area contributed by atoms with E-state index in [9.17, 15) is 5.11 Å². The van der Waals surface area contributed by atoms with E-state index in [-0.39, 0.29) is 0 Å². The number of nitrogens with zero attached hydrogens (tertiary/aromatic N) is 2. The van der Waals surface area contributed by atoms with Crippen LogP contribution in [-0.2, 0) is 7.05 Å². The van der Waals surface area contributed by atoms with Gasteiger partial charge in [-0.3, -0.25) is 0 Å². The van der Waals surface area contributed by atoms with Crippen LogP contribution in [0.2, 0.25) is 0 Å². The number of rotatable bonds is 3. The minimum atomic E-state index is -0.403. The van der Waals surface area contributed by atoms with E-state index < -0.39 is 6.10 Å². The molecule has 0 radical (unpaired) electrons. The van der Waals surface area contributed by atoms with Gasteiger partial charge in [0.25, 0.3) is 0 Å². The topological polar surface area (TPSA) is 38.1 Å². The molecule has 11 heavy (non-hydrogen) atoms. The van der Waals surface area contributed by atoms with Crippen molar-refractivity contribution >= 4 is 0 Å². The molecule has 1 heterocycles. The summed E-state index contributed by atoms with van der Waals surface area (Å²) in [7, 11) is 1.89. The summed E-state index contributed by atoms with van der Waals surface area (Å²) in [5, 5.41) is 9.51. The number of hydrogen-bond donors (Lipinski definition) is 1. The molecule has 0 aliphatic carbocycles. The third kappa shape index (κ3) is 1.80. The molecule has 1 rings (SSSR count). The molecule has 0 bridgehead atoms. The highest BCUT2D eigenvalue weighted by Crippen LogP contribution is 2.14. The number of aliphatic hydroxyl groups excluding tert-OH is 1. The highest BCUT2D eigenvalue weighted by atomic mass is 16.3. The van der Waals surface area contributed by atoms with Gasteiger partial charge in [-0.05, 0) is 6.42 Å². The lowest BCUT2D eigenvalue weighted by Crippen LogP contribution is -2.04. The molecule has 0 aliphatic heterocycles. The molecule has 0 aromatic carbocycles. The zero-order valence-corrected chi connectivity index (χ0v) is 6.99. The SMILES string of the molecule is CCC[C@@H](O)c1nccn1C. The van der Waals surface area contributed by atoms with E-state index in [1.807, 2.05) is 24.7 Å². The highest BCUT2D eigenvalue weighted by molar-refractivity contribution is 4.94. The molecule has 62 valence electrons. The van der Waals surface area contributed by atoms with Crippen LogP contribution >= 0.6 is 0 Å². The Morgan fingerprint density at radius 2 is 2.45 bits per heavy atom. The van der Waals surface area contributed by atoms with Gasteiger partial charge in [0.05, 0.1) is 0 Å². The summed E-state index contributed by atoms with van der Waals surface area (Å²) >= 11 is 0. The van der Waals surface area contributed by atoms with Crippen molar-refractivity contribution in [3.63, 3.8) is 0 Å². The Morgan fingerprint density at radius 1 is 1.73 bits per heavy atom. The van der Waals surface area contributed by atoms with Crippen molar-refractivity contribution in [2.75, 3.05) is 0 Å². The number of aliphatic hydroxyl groups is 1. The fourth-order valence-corrected chi connectivity index (χ4v) is 1.10. The van der Waals surface area contributed by atoms with Gasteiger partial charge in [0.2, 0.25) is 0 Å². The average molecular weight is 154 g/mol. The second kappa shape index (κ2) is 3.53. The Morgan fingerprint density at radius 3 is 2.91 bits per heavy atom. The Bertz CT molecular complexity index is 220. The maximum atomic E-state index is 9.51. The Balaban J connectivity index is 2.67. The smallest absolute Gasteiger partial charge is 0.137 e. The highest BCUT2D eigenvalue weighted by Gasteiger charge is 2.09. The van der Waals surface area contributed by atoms with Gasteiger partial charge < -0.3 is 9.67 Å². The van der Waals surface area contributed by atoms with E-state index >= 15 is 0 Å². The first-order chi connectivity index (χ1) is 5.25. The molecule has 0 aliphatic rings. The van der Waals surface area contributed by atoms with Gasteiger partial charge in [0.1, 0.15) is 11.9 Å². The van der Waals surface area contributed by atoms with E-state index in [1.165, 1.54) is 0 Å². The third-order valence-corrected chi connectivity index (χ3v) is 1.72. The summed E-state index contributed by atoms with van der Waals surface area (Å²) in [5.74, 6) is 0.756. The van der Waals surface area contributed by atoms with Crippen LogP contribution in [0.25, 0.3) is 0 Å². The molecule has 3 nitrogen and oxygen atoms in total. The fraction of sp³-hybridized carbons (Fsp3) is 0.625. The number of aryl methyl sites for hydroxylation is 1. The lowest BCUT2D eigenvalue weighted by molar-refractivity contribution is 0.153. The van der Waals surface area contributed by atoms with Crippen LogP contribution in [0.5, 0.6) is 0 Å². The van der Waals surface area contributed by atoms with Crippen LogP contribution in [0, 0.1) is 0 Å². The summed E-state index contributed by atoms with van der Waals surface area (Å²) in [4.78, 5) is 4.05. The van der Waals surface area contributed by atoms with E-state index in [4.69, 9.17) is 0 Å². The first kappa shape index (κ1) is 8.27. The van der Waals surface area contributed by atoms with Crippen LogP contribution < -0.4 is 0 Å². The van der Waals surface area contributed by atoms with E-state index in [0.29, 0.717) is 0 Å². The second-order valence-corrected chi connectivity index (χ2v) is 2.70. The molecule has 0 spiro atoms. The van der Waals surface area contributed by atoms with Gasteiger partial charge in [-0.15, -0.1) is 0 Å². The molecular weight excluding hydrogens is 140 g/mol. The van der Waals surface area contributed by atoms with Crippen LogP contribution in [0.15, 0.2) is 12.4 Å². The molecule has 0 amide bonds. The van der Waals surface area contributed by atoms with Gasteiger partial charge >= 0.3 is 0 Å². The summed E-state index contributed by atoms with van der Waals surface area (Å²) in [5.41, 5.74) is 0. The quantitative estimate of drug-likeness (QED) is 0.711. The van der Waals surface area contributed by atoms with Gasteiger partial charge in [-0.2, -0.15) is 0 Å². The number of hydrogen-bond acceptors (Lipinski definition) is 2. The van der Waals surface area contributed by atoms with Crippen molar-refractivity contribution in [2.24, 2.45) is 7.05 Å². The maximum Gasteiger partial charge on any atom is 0.137 e. The fourth-order valence-electron chi connectivity index (χ4n) is 1.10. The molecule has 1 aromatic heterocycles. The first-order valence-corrected chi connectivity index (χ1v) is 3.91. The molecule has 0 fully saturated rings. The largest absolute Gasteiger partial charge is 0.385 e. The minimum Gasteiger partial charge on any atom is -0.385 e. The van der Waals surface area contributed by atoms with Gasteiger partial charge in [-0.25, -0.2) is 4.98 Å². The predicted molar refractivity (Wildman–Crippen MR) is 43.1 cm³/mol. The molecule has 1 atom stereocenters. The first-order valence-electron chi connectivity index (χ1n) is 3.91. The standard InChI is InChI=1S/C8H14N2O/c1-3-4-7(11)8-9-5-6-10(8)2/h5-7,11H,3-4H2,1-2H3/t7-/m1/s1. The number of imidazole rings is 1. The van der Waals surface area contributed by atoms with Crippen LogP contribution in [0.4, 0.5) is 0 Å².